The summed E-state index contributed by atoms with van der Waals surface area (Å²) in [5.41, 5.74) is 0.0252. The van der Waals surface area contributed by atoms with E-state index in [-0.39, 0.29) is 17.2 Å². The van der Waals surface area contributed by atoms with Crippen molar-refractivity contribution in [3.8, 4) is 0 Å². The molecule has 0 amide bonds. The molecule has 0 bridgehead atoms. The van der Waals surface area contributed by atoms with Gasteiger partial charge in [0.05, 0.1) is 11.5 Å². The van der Waals surface area contributed by atoms with Crippen LogP contribution < -0.4 is 5.32 Å². The van der Waals surface area contributed by atoms with Gasteiger partial charge in [-0.1, -0.05) is 20.8 Å². The maximum atomic E-state index is 11.5. The Bertz CT molecular complexity index is 264. The van der Waals surface area contributed by atoms with Crippen LogP contribution in [-0.2, 0) is 9.84 Å². The molecule has 1 N–H and O–H groups in total. The summed E-state index contributed by atoms with van der Waals surface area (Å²) in [6.45, 7) is 7.05. The first-order chi connectivity index (χ1) is 5.81. The van der Waals surface area contributed by atoms with E-state index in [9.17, 15) is 8.42 Å². The van der Waals surface area contributed by atoms with Crippen molar-refractivity contribution in [3.05, 3.63) is 0 Å². The van der Waals surface area contributed by atoms with E-state index in [1.807, 2.05) is 0 Å². The fraction of sp³-hybridized carbons (Fsp3) is 1.00. The van der Waals surface area contributed by atoms with Crippen LogP contribution in [0.1, 0.15) is 27.2 Å². The molecule has 3 nitrogen and oxygen atoms in total. The van der Waals surface area contributed by atoms with Gasteiger partial charge in [0.15, 0.2) is 9.84 Å². The highest BCUT2D eigenvalue weighted by Gasteiger charge is 2.30. The monoisotopic (exact) mass is 205 g/mol. The Hall–Kier alpha value is -0.0900. The fourth-order valence-corrected chi connectivity index (χ4v) is 3.40. The van der Waals surface area contributed by atoms with Crippen molar-refractivity contribution in [1.29, 1.82) is 0 Å². The predicted octanol–water partition coefficient (Wildman–Crippen LogP) is 0.809. The summed E-state index contributed by atoms with van der Waals surface area (Å²) in [6.07, 6.45) is 0.745. The zero-order valence-corrected chi connectivity index (χ0v) is 9.45. The normalized spacial score (nSPS) is 29.6. The molecule has 13 heavy (non-hydrogen) atoms. The van der Waals surface area contributed by atoms with Crippen LogP contribution >= 0.6 is 0 Å². The van der Waals surface area contributed by atoms with E-state index in [4.69, 9.17) is 0 Å². The molecular formula is C9H19NO2S. The molecule has 1 heterocycles. The van der Waals surface area contributed by atoms with Crippen molar-refractivity contribution < 1.29 is 8.42 Å². The Balaban J connectivity index is 2.77. The van der Waals surface area contributed by atoms with Gasteiger partial charge >= 0.3 is 0 Å². The molecule has 1 aliphatic rings. The predicted molar refractivity (Wildman–Crippen MR) is 54.5 cm³/mol. The van der Waals surface area contributed by atoms with E-state index in [1.54, 1.807) is 0 Å². The molecule has 0 aliphatic carbocycles. The molecule has 0 aromatic heterocycles. The molecule has 0 aromatic rings. The summed E-state index contributed by atoms with van der Waals surface area (Å²) < 4.78 is 23.0. The highest BCUT2D eigenvalue weighted by molar-refractivity contribution is 7.91. The number of hydrogen-bond acceptors (Lipinski definition) is 3. The molecule has 0 aromatic carbocycles. The van der Waals surface area contributed by atoms with E-state index < -0.39 is 9.84 Å². The molecule has 0 saturated carbocycles. The summed E-state index contributed by atoms with van der Waals surface area (Å²) in [4.78, 5) is 0. The quantitative estimate of drug-likeness (QED) is 0.636. The molecule has 1 atom stereocenters. The van der Waals surface area contributed by atoms with Crippen LogP contribution in [0.3, 0.4) is 0 Å². The molecule has 1 aliphatic heterocycles. The molecule has 0 spiro atoms. The lowest BCUT2D eigenvalue weighted by atomic mass is 9.88. The first-order valence-electron chi connectivity index (χ1n) is 4.75. The third-order valence-corrected chi connectivity index (χ3v) is 4.24. The van der Waals surface area contributed by atoms with Gasteiger partial charge in [0.25, 0.3) is 0 Å². The molecule has 1 fully saturated rings. The molecule has 4 heteroatoms. The van der Waals surface area contributed by atoms with Gasteiger partial charge in [0, 0.05) is 6.04 Å². The van der Waals surface area contributed by atoms with Gasteiger partial charge in [-0.25, -0.2) is 8.42 Å². The number of sulfone groups is 1. The third kappa shape index (κ3) is 3.27. The Morgan fingerprint density at radius 1 is 1.31 bits per heavy atom. The lowest BCUT2D eigenvalue weighted by Crippen LogP contribution is -2.43. The summed E-state index contributed by atoms with van der Waals surface area (Å²) >= 11 is 0. The summed E-state index contributed by atoms with van der Waals surface area (Å²) in [6, 6.07) is 0.0972. The van der Waals surface area contributed by atoms with E-state index in [0.717, 1.165) is 13.0 Å². The van der Waals surface area contributed by atoms with Gasteiger partial charge in [0.2, 0.25) is 0 Å². The zero-order valence-electron chi connectivity index (χ0n) is 8.63. The van der Waals surface area contributed by atoms with Crippen molar-refractivity contribution in [3.63, 3.8) is 0 Å². The largest absolute Gasteiger partial charge is 0.312 e. The minimum absolute atomic E-state index is 0.0252. The van der Waals surface area contributed by atoms with Crippen LogP contribution in [0.25, 0.3) is 0 Å². The van der Waals surface area contributed by atoms with Gasteiger partial charge in [-0.15, -0.1) is 0 Å². The van der Waals surface area contributed by atoms with Crippen LogP contribution in [0.15, 0.2) is 0 Å². The minimum Gasteiger partial charge on any atom is -0.312 e. The molecule has 0 radical (unpaired) electrons. The van der Waals surface area contributed by atoms with Crippen molar-refractivity contribution >= 4 is 9.84 Å². The topological polar surface area (TPSA) is 46.2 Å². The Morgan fingerprint density at radius 2 is 1.92 bits per heavy atom. The minimum atomic E-state index is -2.81. The molecule has 78 valence electrons. The summed E-state index contributed by atoms with van der Waals surface area (Å²) in [7, 11) is -2.81. The maximum absolute atomic E-state index is 11.5. The summed E-state index contributed by atoms with van der Waals surface area (Å²) in [5.74, 6) is 0.628. The standard InChI is InChI=1S/C9H19NO2S/c1-9(2,3)8-7-13(11,12)6-4-5-10-8/h8,10H,4-7H2,1-3H3. The summed E-state index contributed by atoms with van der Waals surface area (Å²) in [5, 5.41) is 3.30. The second-order valence-electron chi connectivity index (χ2n) is 4.84. The molecule has 1 saturated heterocycles. The molecule has 1 rings (SSSR count). The van der Waals surface area contributed by atoms with Crippen LogP contribution in [0.4, 0.5) is 0 Å². The lowest BCUT2D eigenvalue weighted by molar-refractivity contribution is 0.292. The lowest BCUT2D eigenvalue weighted by Gasteiger charge is -2.29. The van der Waals surface area contributed by atoms with Crippen LogP contribution in [0.5, 0.6) is 0 Å². The average Bonchev–Trinajstić information content (AvgIpc) is 2.08. The van der Waals surface area contributed by atoms with E-state index in [2.05, 4.69) is 26.1 Å². The number of nitrogens with one attached hydrogen (secondary N) is 1. The maximum Gasteiger partial charge on any atom is 0.151 e. The van der Waals surface area contributed by atoms with Crippen LogP contribution in [0.2, 0.25) is 0 Å². The zero-order chi connectivity index (χ0) is 10.1. The first kappa shape index (κ1) is 11.0. The number of hydrogen-bond donors (Lipinski definition) is 1. The fourth-order valence-electron chi connectivity index (χ4n) is 1.52. The van der Waals surface area contributed by atoms with Crippen molar-refractivity contribution in [2.24, 2.45) is 5.41 Å². The van der Waals surface area contributed by atoms with Gasteiger partial charge in [-0.2, -0.15) is 0 Å². The van der Waals surface area contributed by atoms with Crippen LogP contribution in [-0.4, -0.2) is 32.5 Å². The van der Waals surface area contributed by atoms with Gasteiger partial charge in [0.1, 0.15) is 0 Å². The smallest absolute Gasteiger partial charge is 0.151 e. The van der Waals surface area contributed by atoms with Crippen molar-refractivity contribution in [1.82, 2.24) is 5.32 Å². The second-order valence-corrected chi connectivity index (χ2v) is 7.07. The number of rotatable bonds is 0. The Kier molecular flexibility index (Phi) is 3.02. The Morgan fingerprint density at radius 3 is 2.46 bits per heavy atom. The van der Waals surface area contributed by atoms with Crippen molar-refractivity contribution in [2.45, 2.75) is 33.2 Å². The van der Waals surface area contributed by atoms with E-state index in [1.165, 1.54) is 0 Å². The van der Waals surface area contributed by atoms with E-state index in [0.29, 0.717) is 5.75 Å². The van der Waals surface area contributed by atoms with Gasteiger partial charge < -0.3 is 5.32 Å². The van der Waals surface area contributed by atoms with Gasteiger partial charge in [-0.05, 0) is 18.4 Å². The second kappa shape index (κ2) is 3.58. The third-order valence-electron chi connectivity index (χ3n) is 2.49. The van der Waals surface area contributed by atoms with E-state index >= 15 is 0 Å². The first-order valence-corrected chi connectivity index (χ1v) is 6.57. The highest BCUT2D eigenvalue weighted by atomic mass is 32.2. The average molecular weight is 205 g/mol. The van der Waals surface area contributed by atoms with Gasteiger partial charge in [-0.3, -0.25) is 0 Å². The molecular weight excluding hydrogens is 186 g/mol. The van der Waals surface area contributed by atoms with Crippen LogP contribution in [0, 0.1) is 5.41 Å². The Labute approximate surface area is 80.8 Å². The SMILES string of the molecule is CC(C)(C)C1CS(=O)(=O)CCCN1. The molecule has 1 unspecified atom stereocenters. The van der Waals surface area contributed by atoms with Crippen molar-refractivity contribution in [2.75, 3.05) is 18.1 Å². The highest BCUT2D eigenvalue weighted by Crippen LogP contribution is 2.22.